The van der Waals surface area contributed by atoms with Crippen molar-refractivity contribution in [1.29, 1.82) is 0 Å². The molecule has 1 aromatic carbocycles. The van der Waals surface area contributed by atoms with Crippen LogP contribution in [0.3, 0.4) is 0 Å². The molecular formula is C18H31NO2. The lowest BCUT2D eigenvalue weighted by Crippen LogP contribution is -2.20. The number of ether oxygens (including phenoxy) is 2. The molecule has 0 radical (unpaired) electrons. The molecule has 0 fully saturated rings. The van der Waals surface area contributed by atoms with E-state index in [1.807, 2.05) is 31.2 Å². The minimum absolute atomic E-state index is 0.0706. The van der Waals surface area contributed by atoms with Crippen LogP contribution in [0, 0.1) is 0 Å². The molecule has 0 bridgehead atoms. The van der Waals surface area contributed by atoms with Gasteiger partial charge < -0.3 is 15.2 Å². The molecule has 0 heterocycles. The summed E-state index contributed by atoms with van der Waals surface area (Å²) in [5.74, 6) is 0.888. The monoisotopic (exact) mass is 293 g/mol. The molecule has 1 rings (SSSR count). The van der Waals surface area contributed by atoms with E-state index in [1.54, 1.807) is 0 Å². The summed E-state index contributed by atoms with van der Waals surface area (Å²) in [6, 6.07) is 7.90. The van der Waals surface area contributed by atoms with Crippen LogP contribution in [0.5, 0.6) is 5.75 Å². The Morgan fingerprint density at radius 2 is 1.76 bits per heavy atom. The van der Waals surface area contributed by atoms with Gasteiger partial charge in [0.1, 0.15) is 5.75 Å². The summed E-state index contributed by atoms with van der Waals surface area (Å²) < 4.78 is 11.3. The van der Waals surface area contributed by atoms with Gasteiger partial charge in [-0.05, 0) is 38.0 Å². The minimum atomic E-state index is -0.0706. The first-order valence-corrected chi connectivity index (χ1v) is 8.27. The topological polar surface area (TPSA) is 44.5 Å². The highest BCUT2D eigenvalue weighted by Crippen LogP contribution is 2.17. The Morgan fingerprint density at radius 1 is 1.05 bits per heavy atom. The first kappa shape index (κ1) is 18.0. The standard InChI is InChI=1S/C18H31NO2/c1-4-6-7-8-9-15(3)21-14-18(19)16-10-12-17(13-11-16)20-5-2/h10-13,15,18H,4-9,14,19H2,1-3H3. The maximum absolute atomic E-state index is 6.18. The van der Waals surface area contributed by atoms with Crippen molar-refractivity contribution in [2.24, 2.45) is 5.73 Å². The van der Waals surface area contributed by atoms with Crippen LogP contribution in [0.2, 0.25) is 0 Å². The summed E-state index contributed by atoms with van der Waals surface area (Å²) >= 11 is 0. The maximum Gasteiger partial charge on any atom is 0.119 e. The fourth-order valence-corrected chi connectivity index (χ4v) is 2.28. The summed E-state index contributed by atoms with van der Waals surface area (Å²) in [7, 11) is 0. The predicted molar refractivity (Wildman–Crippen MR) is 88.7 cm³/mol. The van der Waals surface area contributed by atoms with Crippen molar-refractivity contribution >= 4 is 0 Å². The molecule has 1 aromatic rings. The lowest BCUT2D eigenvalue weighted by molar-refractivity contribution is 0.0490. The zero-order valence-electron chi connectivity index (χ0n) is 13.8. The summed E-state index contributed by atoms with van der Waals surface area (Å²) in [6.07, 6.45) is 6.55. The van der Waals surface area contributed by atoms with Gasteiger partial charge in [0.2, 0.25) is 0 Å². The van der Waals surface area contributed by atoms with E-state index in [2.05, 4.69) is 13.8 Å². The fraction of sp³-hybridized carbons (Fsp3) is 0.667. The van der Waals surface area contributed by atoms with E-state index < -0.39 is 0 Å². The van der Waals surface area contributed by atoms with E-state index in [9.17, 15) is 0 Å². The highest BCUT2D eigenvalue weighted by Gasteiger charge is 2.09. The van der Waals surface area contributed by atoms with Crippen molar-refractivity contribution in [3.8, 4) is 5.75 Å². The van der Waals surface area contributed by atoms with Gasteiger partial charge in [0.25, 0.3) is 0 Å². The Kier molecular flexibility index (Phi) is 9.11. The average molecular weight is 293 g/mol. The van der Waals surface area contributed by atoms with E-state index >= 15 is 0 Å². The Hall–Kier alpha value is -1.06. The van der Waals surface area contributed by atoms with Crippen LogP contribution in [0.4, 0.5) is 0 Å². The van der Waals surface area contributed by atoms with Gasteiger partial charge in [-0.1, -0.05) is 44.7 Å². The first-order chi connectivity index (χ1) is 10.2. The van der Waals surface area contributed by atoms with Gasteiger partial charge in [0, 0.05) is 0 Å². The van der Waals surface area contributed by atoms with Crippen molar-refractivity contribution in [2.75, 3.05) is 13.2 Å². The number of nitrogens with two attached hydrogens (primary N) is 1. The normalized spacial score (nSPS) is 13.9. The van der Waals surface area contributed by atoms with E-state index in [0.717, 1.165) is 17.7 Å². The first-order valence-electron chi connectivity index (χ1n) is 8.27. The van der Waals surface area contributed by atoms with E-state index in [1.165, 1.54) is 25.7 Å². The molecule has 2 unspecified atom stereocenters. The second-order valence-corrected chi connectivity index (χ2v) is 5.60. The number of benzene rings is 1. The van der Waals surface area contributed by atoms with Crippen LogP contribution < -0.4 is 10.5 Å². The molecule has 0 aliphatic heterocycles. The third-order valence-electron chi connectivity index (χ3n) is 3.64. The Bertz CT molecular complexity index is 364. The number of rotatable bonds is 11. The van der Waals surface area contributed by atoms with Crippen molar-refractivity contribution in [3.05, 3.63) is 29.8 Å². The van der Waals surface area contributed by atoms with Crippen LogP contribution in [0.15, 0.2) is 24.3 Å². The van der Waals surface area contributed by atoms with E-state index in [4.69, 9.17) is 15.2 Å². The Morgan fingerprint density at radius 3 is 2.38 bits per heavy atom. The van der Waals surface area contributed by atoms with Crippen LogP contribution in [-0.4, -0.2) is 19.3 Å². The molecule has 3 heteroatoms. The smallest absolute Gasteiger partial charge is 0.119 e. The minimum Gasteiger partial charge on any atom is -0.494 e. The van der Waals surface area contributed by atoms with Crippen molar-refractivity contribution in [2.45, 2.75) is 65.0 Å². The lowest BCUT2D eigenvalue weighted by atomic mass is 10.1. The Labute approximate surface area is 129 Å². The molecule has 21 heavy (non-hydrogen) atoms. The molecule has 2 atom stereocenters. The molecule has 0 aliphatic carbocycles. The van der Waals surface area contributed by atoms with Crippen molar-refractivity contribution in [3.63, 3.8) is 0 Å². The Balaban J connectivity index is 2.27. The van der Waals surface area contributed by atoms with Crippen LogP contribution >= 0.6 is 0 Å². The third kappa shape index (κ3) is 7.49. The van der Waals surface area contributed by atoms with Gasteiger partial charge in [-0.2, -0.15) is 0 Å². The third-order valence-corrected chi connectivity index (χ3v) is 3.64. The van der Waals surface area contributed by atoms with Gasteiger partial charge >= 0.3 is 0 Å². The van der Waals surface area contributed by atoms with E-state index in [0.29, 0.717) is 13.2 Å². The quantitative estimate of drug-likeness (QED) is 0.613. The predicted octanol–water partition coefficient (Wildman–Crippen LogP) is 4.46. The molecule has 0 spiro atoms. The number of unbranched alkanes of at least 4 members (excludes halogenated alkanes) is 3. The highest BCUT2D eigenvalue weighted by molar-refractivity contribution is 5.29. The van der Waals surface area contributed by atoms with Crippen LogP contribution in [0.25, 0.3) is 0 Å². The molecule has 2 N–H and O–H groups in total. The molecule has 3 nitrogen and oxygen atoms in total. The van der Waals surface area contributed by atoms with Gasteiger partial charge in [-0.3, -0.25) is 0 Å². The maximum atomic E-state index is 6.18. The lowest BCUT2D eigenvalue weighted by Gasteiger charge is -2.17. The zero-order chi connectivity index (χ0) is 15.5. The van der Waals surface area contributed by atoms with Gasteiger partial charge in [-0.15, -0.1) is 0 Å². The summed E-state index contributed by atoms with van der Waals surface area (Å²) in [5, 5.41) is 0. The highest BCUT2D eigenvalue weighted by atomic mass is 16.5. The summed E-state index contributed by atoms with van der Waals surface area (Å²) in [5.41, 5.74) is 7.27. The molecule has 0 saturated heterocycles. The zero-order valence-corrected chi connectivity index (χ0v) is 13.8. The van der Waals surface area contributed by atoms with Crippen molar-refractivity contribution < 1.29 is 9.47 Å². The molecule has 0 saturated carbocycles. The SMILES string of the molecule is CCCCCCC(C)OCC(N)c1ccc(OCC)cc1. The molecule has 120 valence electrons. The second kappa shape index (κ2) is 10.6. The number of hydrogen-bond acceptors (Lipinski definition) is 3. The van der Waals surface area contributed by atoms with Gasteiger partial charge in [0.05, 0.1) is 25.4 Å². The molecular weight excluding hydrogens is 262 g/mol. The van der Waals surface area contributed by atoms with Crippen LogP contribution in [-0.2, 0) is 4.74 Å². The molecule has 0 aromatic heterocycles. The van der Waals surface area contributed by atoms with Gasteiger partial charge in [0.15, 0.2) is 0 Å². The van der Waals surface area contributed by atoms with E-state index in [-0.39, 0.29) is 12.1 Å². The summed E-state index contributed by atoms with van der Waals surface area (Å²) in [4.78, 5) is 0. The summed E-state index contributed by atoms with van der Waals surface area (Å²) in [6.45, 7) is 7.61. The fourth-order valence-electron chi connectivity index (χ4n) is 2.28. The molecule has 0 amide bonds. The average Bonchev–Trinajstić information content (AvgIpc) is 2.50. The van der Waals surface area contributed by atoms with Gasteiger partial charge in [-0.25, -0.2) is 0 Å². The molecule has 0 aliphatic rings. The van der Waals surface area contributed by atoms with Crippen molar-refractivity contribution in [1.82, 2.24) is 0 Å². The largest absolute Gasteiger partial charge is 0.494 e. The number of hydrogen-bond donors (Lipinski definition) is 1. The van der Waals surface area contributed by atoms with Crippen LogP contribution in [0.1, 0.15) is 64.5 Å². The second-order valence-electron chi connectivity index (χ2n) is 5.60.